The summed E-state index contributed by atoms with van der Waals surface area (Å²) in [7, 11) is 0. The van der Waals surface area contributed by atoms with Gasteiger partial charge in [-0.2, -0.15) is 0 Å². The Balaban J connectivity index is 2.20. The van der Waals surface area contributed by atoms with E-state index >= 15 is 0 Å². The lowest BCUT2D eigenvalue weighted by Crippen LogP contribution is -2.16. The molecule has 1 aliphatic rings. The highest BCUT2D eigenvalue weighted by molar-refractivity contribution is 8.04. The second-order valence-corrected chi connectivity index (χ2v) is 6.93. The molecule has 1 aromatic carbocycles. The molecular formula is C15H19F2NS. The molecule has 0 aliphatic heterocycles. The van der Waals surface area contributed by atoms with E-state index in [0.29, 0.717) is 10.6 Å². The van der Waals surface area contributed by atoms with E-state index in [1.807, 2.05) is 19.9 Å². The van der Waals surface area contributed by atoms with Crippen molar-refractivity contribution >= 4 is 11.8 Å². The van der Waals surface area contributed by atoms with Gasteiger partial charge in [0.05, 0.1) is 9.78 Å². The van der Waals surface area contributed by atoms with Gasteiger partial charge in [0.15, 0.2) is 0 Å². The predicted octanol–water partition coefficient (Wildman–Crippen LogP) is 4.13. The summed E-state index contributed by atoms with van der Waals surface area (Å²) in [5.74, 6) is -0.115. The summed E-state index contributed by atoms with van der Waals surface area (Å²) in [6.45, 7) is 7.07. The van der Waals surface area contributed by atoms with Crippen LogP contribution >= 0.6 is 11.8 Å². The fraction of sp³-hybridized carbons (Fsp3) is 0.467. The average Bonchev–Trinajstić information content (AvgIpc) is 3.05. The van der Waals surface area contributed by atoms with Crippen molar-refractivity contribution in [3.63, 3.8) is 0 Å². The Morgan fingerprint density at radius 3 is 2.89 bits per heavy atom. The van der Waals surface area contributed by atoms with Gasteiger partial charge in [-0.25, -0.2) is 8.78 Å². The molecule has 0 bridgehead atoms. The lowest BCUT2D eigenvalue weighted by molar-refractivity contribution is 0.446. The molecule has 1 fully saturated rings. The van der Waals surface area contributed by atoms with E-state index in [4.69, 9.17) is 5.73 Å². The van der Waals surface area contributed by atoms with Crippen molar-refractivity contribution in [3.05, 3.63) is 46.8 Å². The molecule has 19 heavy (non-hydrogen) atoms. The molecule has 104 valence electrons. The third-order valence-corrected chi connectivity index (χ3v) is 5.13. The highest BCUT2D eigenvalue weighted by Crippen LogP contribution is 2.61. The molecular weight excluding hydrogens is 264 g/mol. The summed E-state index contributed by atoms with van der Waals surface area (Å²) in [5, 5.41) is 0.428. The first kappa shape index (κ1) is 14.4. The van der Waals surface area contributed by atoms with E-state index in [0.717, 1.165) is 12.0 Å². The van der Waals surface area contributed by atoms with Crippen LogP contribution < -0.4 is 5.73 Å². The molecule has 1 nitrogen and oxygen atoms in total. The largest absolute Gasteiger partial charge is 0.394 e. The summed E-state index contributed by atoms with van der Waals surface area (Å²) in [4.78, 5) is 0. The first-order valence-electron chi connectivity index (χ1n) is 6.35. The average molecular weight is 283 g/mol. The third-order valence-electron chi connectivity index (χ3n) is 3.89. The van der Waals surface area contributed by atoms with Crippen LogP contribution in [0, 0.1) is 18.7 Å². The van der Waals surface area contributed by atoms with Gasteiger partial charge in [-0.05, 0) is 36.8 Å². The van der Waals surface area contributed by atoms with Gasteiger partial charge in [0.25, 0.3) is 0 Å². The van der Waals surface area contributed by atoms with E-state index in [9.17, 15) is 8.78 Å². The zero-order valence-corrected chi connectivity index (χ0v) is 12.1. The minimum atomic E-state index is -0.499. The van der Waals surface area contributed by atoms with Crippen molar-refractivity contribution in [3.8, 4) is 0 Å². The number of hydrogen-bond acceptors (Lipinski definition) is 2. The van der Waals surface area contributed by atoms with Crippen LogP contribution in [0.15, 0.2) is 29.8 Å². The molecule has 0 spiro atoms. The van der Waals surface area contributed by atoms with Crippen molar-refractivity contribution in [2.45, 2.75) is 30.9 Å². The summed E-state index contributed by atoms with van der Waals surface area (Å²) in [6, 6.07) is 5.08. The number of alkyl halides is 1. The highest BCUT2D eigenvalue weighted by atomic mass is 32.2. The molecule has 2 rings (SSSR count). The Bertz CT molecular complexity index is 503. The number of hydrogen-bond donors (Lipinski definition) is 1. The van der Waals surface area contributed by atoms with Gasteiger partial charge >= 0.3 is 0 Å². The first-order valence-corrected chi connectivity index (χ1v) is 7.16. The van der Waals surface area contributed by atoms with Gasteiger partial charge in [-0.3, -0.25) is 0 Å². The zero-order chi connectivity index (χ0) is 14.2. The van der Waals surface area contributed by atoms with Crippen LogP contribution in [-0.2, 0) is 0 Å². The Labute approximate surface area is 117 Å². The monoisotopic (exact) mass is 283 g/mol. The minimum Gasteiger partial charge on any atom is -0.394 e. The van der Waals surface area contributed by atoms with E-state index in [1.54, 1.807) is 6.07 Å². The van der Waals surface area contributed by atoms with Crippen LogP contribution in [-0.4, -0.2) is 11.4 Å². The SMILES string of the molecule is C=C(N)S[C@@]1(CF)CC1C(C)c1cc(C)ccc1F. The lowest BCUT2D eigenvalue weighted by atomic mass is 9.93. The number of halogens is 2. The maximum Gasteiger partial charge on any atom is 0.126 e. The van der Waals surface area contributed by atoms with Crippen molar-refractivity contribution < 1.29 is 8.78 Å². The number of thioether (sulfide) groups is 1. The molecule has 0 aromatic heterocycles. The van der Waals surface area contributed by atoms with Crippen molar-refractivity contribution in [1.29, 1.82) is 0 Å². The number of aryl methyl sites for hydroxylation is 1. The summed E-state index contributed by atoms with van der Waals surface area (Å²) >= 11 is 1.29. The first-order chi connectivity index (χ1) is 8.89. The normalized spacial score (nSPS) is 27.1. The molecule has 4 heteroatoms. The Kier molecular flexibility index (Phi) is 3.90. The summed E-state index contributed by atoms with van der Waals surface area (Å²) < 4.78 is 26.7. The van der Waals surface area contributed by atoms with Crippen LogP contribution in [0.25, 0.3) is 0 Å². The summed E-state index contributed by atoms with van der Waals surface area (Å²) in [5.41, 5.74) is 7.27. The minimum absolute atomic E-state index is 0.0116. The summed E-state index contributed by atoms with van der Waals surface area (Å²) in [6.07, 6.45) is 0.721. The lowest BCUT2D eigenvalue weighted by Gasteiger charge is -2.18. The Hall–Kier alpha value is -1.03. The van der Waals surface area contributed by atoms with Gasteiger partial charge in [-0.15, -0.1) is 0 Å². The van der Waals surface area contributed by atoms with Crippen LogP contribution in [0.3, 0.4) is 0 Å². The van der Waals surface area contributed by atoms with Crippen LogP contribution in [0.4, 0.5) is 8.78 Å². The van der Waals surface area contributed by atoms with Crippen LogP contribution in [0.5, 0.6) is 0 Å². The maximum atomic E-state index is 13.9. The Morgan fingerprint density at radius 1 is 1.63 bits per heavy atom. The fourth-order valence-electron chi connectivity index (χ4n) is 2.73. The van der Waals surface area contributed by atoms with Crippen molar-refractivity contribution in [2.75, 3.05) is 6.67 Å². The zero-order valence-electron chi connectivity index (χ0n) is 11.2. The molecule has 2 unspecified atom stereocenters. The quantitative estimate of drug-likeness (QED) is 0.879. The topological polar surface area (TPSA) is 26.0 Å². The Morgan fingerprint density at radius 2 is 2.32 bits per heavy atom. The number of rotatable bonds is 5. The smallest absolute Gasteiger partial charge is 0.126 e. The molecule has 0 radical (unpaired) electrons. The van der Waals surface area contributed by atoms with E-state index in [1.165, 1.54) is 17.8 Å². The van der Waals surface area contributed by atoms with Gasteiger partial charge in [0, 0.05) is 0 Å². The predicted molar refractivity (Wildman–Crippen MR) is 77.3 cm³/mol. The highest BCUT2D eigenvalue weighted by Gasteiger charge is 2.58. The molecule has 1 aliphatic carbocycles. The second kappa shape index (κ2) is 5.16. The standard InChI is InChI=1S/C15H19F2NS/c1-9-4-5-14(17)12(6-9)10(2)13-7-15(13,8-16)19-11(3)18/h4-6,10,13H,3,7-8,18H2,1-2H3/t10?,13?,15-/m1/s1. The van der Waals surface area contributed by atoms with Crippen LogP contribution in [0.2, 0.25) is 0 Å². The van der Waals surface area contributed by atoms with Gasteiger partial charge in [0.2, 0.25) is 0 Å². The van der Waals surface area contributed by atoms with Gasteiger partial charge in [0.1, 0.15) is 12.5 Å². The molecule has 2 N–H and O–H groups in total. The second-order valence-electron chi connectivity index (χ2n) is 5.39. The van der Waals surface area contributed by atoms with Gasteiger partial charge < -0.3 is 5.73 Å². The molecule has 0 saturated heterocycles. The van der Waals surface area contributed by atoms with Gasteiger partial charge in [-0.1, -0.05) is 43.0 Å². The molecule has 0 heterocycles. The molecule has 1 aromatic rings. The maximum absolute atomic E-state index is 13.9. The molecule has 1 saturated carbocycles. The van der Waals surface area contributed by atoms with Crippen molar-refractivity contribution in [2.24, 2.45) is 11.7 Å². The van der Waals surface area contributed by atoms with Crippen LogP contribution in [0.1, 0.15) is 30.4 Å². The third kappa shape index (κ3) is 2.78. The molecule has 0 amide bonds. The van der Waals surface area contributed by atoms with E-state index in [2.05, 4.69) is 6.58 Å². The number of benzene rings is 1. The molecule has 3 atom stereocenters. The van der Waals surface area contributed by atoms with E-state index < -0.39 is 11.4 Å². The van der Waals surface area contributed by atoms with Crippen molar-refractivity contribution in [1.82, 2.24) is 0 Å². The number of nitrogens with two attached hydrogens (primary N) is 1. The van der Waals surface area contributed by atoms with E-state index in [-0.39, 0.29) is 17.7 Å². The fourth-order valence-corrected chi connectivity index (χ4v) is 3.93.